The summed E-state index contributed by atoms with van der Waals surface area (Å²) in [5.41, 5.74) is 2.16. The predicted octanol–water partition coefficient (Wildman–Crippen LogP) is 7.01. The Kier molecular flexibility index (Phi) is 8.58. The predicted molar refractivity (Wildman–Crippen MR) is 150 cm³/mol. The zero-order chi connectivity index (χ0) is 26.5. The first kappa shape index (κ1) is 26.8. The van der Waals surface area contributed by atoms with E-state index in [1.807, 2.05) is 43.3 Å². The van der Waals surface area contributed by atoms with E-state index in [4.69, 9.17) is 21.1 Å². The molecule has 3 aromatic carbocycles. The Morgan fingerprint density at radius 3 is 2.68 bits per heavy atom. The third-order valence-electron chi connectivity index (χ3n) is 5.28. The number of nitrogens with zero attached hydrogens (tertiary/aromatic N) is 2. The van der Waals surface area contributed by atoms with Crippen molar-refractivity contribution in [2.45, 2.75) is 13.5 Å². The second-order valence-electron chi connectivity index (χ2n) is 7.87. The van der Waals surface area contributed by atoms with Crippen LogP contribution in [0.25, 0.3) is 6.08 Å². The summed E-state index contributed by atoms with van der Waals surface area (Å²) in [7, 11) is 1.63. The first-order valence-corrected chi connectivity index (χ1v) is 13.2. The van der Waals surface area contributed by atoms with Gasteiger partial charge in [-0.1, -0.05) is 35.9 Å². The molecule has 0 bridgehead atoms. The monoisotopic (exact) mass is 600 g/mol. The van der Waals surface area contributed by atoms with Gasteiger partial charge in [-0.05, 0) is 82.7 Å². The van der Waals surface area contributed by atoms with Crippen molar-refractivity contribution < 1.29 is 24.2 Å². The molecule has 1 saturated heterocycles. The standard InChI is InChI=1S/C27H22BrClN2O5S/c1-3-35-22-12-16(11-20(28)24(22)36-15-18-7-4-5-10-21(18)29)13-23-25(32)31(2)27(37-23)30-19-9-6-8-17(14-19)26(33)34/h4-14H,3,15H2,1-2H3,(H,33,34)/b23-13+,30-27?. The Labute approximate surface area is 231 Å². The number of hydrogen-bond donors (Lipinski definition) is 1. The number of carbonyl (C=O) groups excluding carboxylic acids is 1. The summed E-state index contributed by atoms with van der Waals surface area (Å²) in [4.78, 5) is 30.6. The van der Waals surface area contributed by atoms with Crippen LogP contribution in [0.4, 0.5) is 5.69 Å². The van der Waals surface area contributed by atoms with Crippen molar-refractivity contribution in [1.29, 1.82) is 0 Å². The molecule has 0 saturated carbocycles. The van der Waals surface area contributed by atoms with Gasteiger partial charge in [-0.25, -0.2) is 9.79 Å². The number of halogens is 2. The van der Waals surface area contributed by atoms with Crippen LogP contribution in [0, 0.1) is 0 Å². The summed E-state index contributed by atoms with van der Waals surface area (Å²) in [6.07, 6.45) is 1.75. The average molecular weight is 602 g/mol. The van der Waals surface area contributed by atoms with E-state index in [1.165, 1.54) is 28.8 Å². The Balaban J connectivity index is 1.60. The minimum Gasteiger partial charge on any atom is -0.490 e. The first-order chi connectivity index (χ1) is 17.8. The third kappa shape index (κ3) is 6.36. The molecule has 0 radical (unpaired) electrons. The van der Waals surface area contributed by atoms with Gasteiger partial charge in [0, 0.05) is 17.6 Å². The molecule has 3 aromatic rings. The number of carboxylic acid groups (broad SMARTS) is 1. The number of thioether (sulfide) groups is 1. The van der Waals surface area contributed by atoms with Crippen LogP contribution in [0.5, 0.6) is 11.5 Å². The molecule has 1 N–H and O–H groups in total. The van der Waals surface area contributed by atoms with Crippen molar-refractivity contribution in [2.24, 2.45) is 4.99 Å². The van der Waals surface area contributed by atoms with Crippen LogP contribution in [-0.2, 0) is 11.4 Å². The summed E-state index contributed by atoms with van der Waals surface area (Å²) in [5, 5.41) is 10.3. The molecule has 1 amide bonds. The highest BCUT2D eigenvalue weighted by Crippen LogP contribution is 2.40. The average Bonchev–Trinajstić information content (AvgIpc) is 3.12. The number of carboxylic acids is 1. The highest BCUT2D eigenvalue weighted by molar-refractivity contribution is 9.10. The molecule has 0 aromatic heterocycles. The summed E-state index contributed by atoms with van der Waals surface area (Å²) in [5.74, 6) is -0.196. The number of benzene rings is 3. The van der Waals surface area contributed by atoms with Crippen LogP contribution < -0.4 is 9.47 Å². The lowest BCUT2D eigenvalue weighted by atomic mass is 10.1. The zero-order valence-electron chi connectivity index (χ0n) is 19.9. The molecule has 7 nitrogen and oxygen atoms in total. The SMILES string of the molecule is CCOc1cc(/C=C2/SC(=Nc3cccc(C(=O)O)c3)N(C)C2=O)cc(Br)c1OCc1ccccc1Cl. The van der Waals surface area contributed by atoms with Gasteiger partial charge in [0.1, 0.15) is 6.61 Å². The molecule has 0 spiro atoms. The molecule has 0 unspecified atom stereocenters. The molecule has 10 heteroatoms. The van der Waals surface area contributed by atoms with Crippen molar-refractivity contribution in [1.82, 2.24) is 4.90 Å². The number of amides is 1. The lowest BCUT2D eigenvalue weighted by Crippen LogP contribution is -2.23. The second kappa shape index (κ2) is 11.9. The normalized spacial score (nSPS) is 15.5. The Hall–Kier alpha value is -3.27. The van der Waals surface area contributed by atoms with Gasteiger partial charge in [-0.15, -0.1) is 0 Å². The fourth-order valence-corrected chi connectivity index (χ4v) is 5.21. The van der Waals surface area contributed by atoms with E-state index in [2.05, 4.69) is 20.9 Å². The lowest BCUT2D eigenvalue weighted by Gasteiger charge is -2.15. The third-order valence-corrected chi connectivity index (χ3v) is 7.30. The van der Waals surface area contributed by atoms with Crippen molar-refractivity contribution >= 4 is 68.1 Å². The molecule has 1 aliphatic heterocycles. The van der Waals surface area contributed by atoms with Gasteiger partial charge in [-0.2, -0.15) is 0 Å². The summed E-state index contributed by atoms with van der Waals surface area (Å²) in [6.45, 7) is 2.57. The van der Waals surface area contributed by atoms with Crippen molar-refractivity contribution in [3.8, 4) is 11.5 Å². The van der Waals surface area contributed by atoms with Crippen LogP contribution in [0.15, 0.2) is 75.0 Å². The molecule has 37 heavy (non-hydrogen) atoms. The Morgan fingerprint density at radius 1 is 1.16 bits per heavy atom. The van der Waals surface area contributed by atoms with E-state index < -0.39 is 5.97 Å². The zero-order valence-corrected chi connectivity index (χ0v) is 23.1. The fourth-order valence-electron chi connectivity index (χ4n) is 3.46. The molecule has 190 valence electrons. The van der Waals surface area contributed by atoms with Crippen LogP contribution in [-0.4, -0.2) is 40.7 Å². The maximum absolute atomic E-state index is 12.9. The highest BCUT2D eigenvalue weighted by Gasteiger charge is 2.30. The number of ether oxygens (including phenoxy) is 2. The van der Waals surface area contributed by atoms with Crippen LogP contribution in [0.2, 0.25) is 5.02 Å². The summed E-state index contributed by atoms with van der Waals surface area (Å²) in [6, 6.07) is 17.4. The van der Waals surface area contributed by atoms with E-state index in [1.54, 1.807) is 25.3 Å². The van der Waals surface area contributed by atoms with Crippen molar-refractivity contribution in [2.75, 3.05) is 13.7 Å². The van der Waals surface area contributed by atoms with Gasteiger partial charge in [0.2, 0.25) is 0 Å². The quantitative estimate of drug-likeness (QED) is 0.279. The van der Waals surface area contributed by atoms with Crippen LogP contribution in [0.1, 0.15) is 28.4 Å². The largest absolute Gasteiger partial charge is 0.490 e. The van der Waals surface area contributed by atoms with Crippen LogP contribution in [0.3, 0.4) is 0 Å². The molecule has 1 fully saturated rings. The molecule has 0 atom stereocenters. The van der Waals surface area contributed by atoms with Gasteiger partial charge in [0.15, 0.2) is 16.7 Å². The minimum atomic E-state index is -1.04. The number of aromatic carboxylic acids is 1. The van der Waals surface area contributed by atoms with E-state index in [0.29, 0.717) is 43.4 Å². The lowest BCUT2D eigenvalue weighted by molar-refractivity contribution is -0.121. The van der Waals surface area contributed by atoms with Crippen molar-refractivity contribution in [3.63, 3.8) is 0 Å². The smallest absolute Gasteiger partial charge is 0.335 e. The number of amidine groups is 1. The number of hydrogen-bond acceptors (Lipinski definition) is 6. The van der Waals surface area contributed by atoms with Gasteiger partial charge in [0.25, 0.3) is 5.91 Å². The van der Waals surface area contributed by atoms with Gasteiger partial charge < -0.3 is 14.6 Å². The molecule has 1 heterocycles. The maximum Gasteiger partial charge on any atom is 0.335 e. The van der Waals surface area contributed by atoms with E-state index in [9.17, 15) is 14.7 Å². The van der Waals surface area contributed by atoms with E-state index in [-0.39, 0.29) is 18.1 Å². The van der Waals surface area contributed by atoms with Gasteiger partial charge in [-0.3, -0.25) is 9.69 Å². The highest BCUT2D eigenvalue weighted by atomic mass is 79.9. The van der Waals surface area contributed by atoms with Gasteiger partial charge in [0.05, 0.1) is 27.2 Å². The number of likely N-dealkylation sites (N-methyl/N-ethyl adjacent to an activating group) is 1. The Morgan fingerprint density at radius 2 is 1.95 bits per heavy atom. The van der Waals surface area contributed by atoms with E-state index in [0.717, 1.165) is 11.1 Å². The van der Waals surface area contributed by atoms with Crippen molar-refractivity contribution in [3.05, 3.63) is 91.8 Å². The summed E-state index contributed by atoms with van der Waals surface area (Å²) >= 11 is 11.0. The number of rotatable bonds is 8. The second-order valence-corrected chi connectivity index (χ2v) is 10.1. The number of aliphatic imine (C=N–C) groups is 1. The fraction of sp³-hybridized carbons (Fsp3) is 0.148. The summed E-state index contributed by atoms with van der Waals surface area (Å²) < 4.78 is 12.5. The molecule has 0 aliphatic carbocycles. The molecular weight excluding hydrogens is 580 g/mol. The Bertz CT molecular complexity index is 1430. The van der Waals surface area contributed by atoms with Crippen LogP contribution >= 0.6 is 39.3 Å². The molecule has 4 rings (SSSR count). The molecular formula is C27H22BrClN2O5S. The topological polar surface area (TPSA) is 88.4 Å². The molecule has 1 aliphatic rings. The van der Waals surface area contributed by atoms with E-state index >= 15 is 0 Å². The number of carbonyl (C=O) groups is 2. The first-order valence-electron chi connectivity index (χ1n) is 11.2. The van der Waals surface area contributed by atoms with Gasteiger partial charge >= 0.3 is 5.97 Å². The minimum absolute atomic E-state index is 0.125. The maximum atomic E-state index is 12.9.